The molecule has 2 N–H and O–H groups in total. The van der Waals surface area contributed by atoms with E-state index in [2.05, 4.69) is 20.6 Å². The number of nitrogens with zero attached hydrogens (tertiary/aromatic N) is 2. The average molecular weight is 268 g/mol. The van der Waals surface area contributed by atoms with Crippen molar-refractivity contribution in [3.05, 3.63) is 47.8 Å². The number of hydrogen-bond donors (Lipinski definition) is 2. The summed E-state index contributed by atoms with van der Waals surface area (Å²) in [7, 11) is 0. The molecule has 5 nitrogen and oxygen atoms in total. The first-order valence-electron chi connectivity index (χ1n) is 6.67. The molecule has 102 valence electrons. The van der Waals surface area contributed by atoms with E-state index in [-0.39, 0.29) is 5.91 Å². The van der Waals surface area contributed by atoms with Crippen molar-refractivity contribution >= 4 is 17.5 Å². The molecule has 20 heavy (non-hydrogen) atoms. The Balaban J connectivity index is 1.65. The van der Waals surface area contributed by atoms with Gasteiger partial charge in [-0.3, -0.25) is 4.79 Å². The Bertz CT molecular complexity index is 603. The number of carbonyl (C=O) groups is 1. The average Bonchev–Trinajstić information content (AvgIpc) is 3.26. The molecule has 0 bridgehead atoms. The minimum atomic E-state index is -0.202. The SMILES string of the molecule is Cc1ccc(NC(=O)c2cnc(NC3CC3)nc2)cc1. The number of aryl methyl sites for hydroxylation is 1. The molecule has 1 aliphatic rings. The summed E-state index contributed by atoms with van der Waals surface area (Å²) in [5, 5.41) is 6.00. The molecule has 0 saturated heterocycles. The molecule has 0 spiro atoms. The molecule has 3 rings (SSSR count). The van der Waals surface area contributed by atoms with Crippen LogP contribution >= 0.6 is 0 Å². The molecule has 1 amide bonds. The molecule has 0 radical (unpaired) electrons. The van der Waals surface area contributed by atoms with E-state index in [9.17, 15) is 4.79 Å². The second kappa shape index (κ2) is 5.28. The highest BCUT2D eigenvalue weighted by atomic mass is 16.1. The van der Waals surface area contributed by atoms with Crippen LogP contribution < -0.4 is 10.6 Å². The summed E-state index contributed by atoms with van der Waals surface area (Å²) in [6, 6.07) is 8.15. The van der Waals surface area contributed by atoms with Gasteiger partial charge in [0.15, 0.2) is 0 Å². The summed E-state index contributed by atoms with van der Waals surface area (Å²) in [4.78, 5) is 20.3. The van der Waals surface area contributed by atoms with Crippen LogP contribution in [0.5, 0.6) is 0 Å². The topological polar surface area (TPSA) is 66.9 Å². The van der Waals surface area contributed by atoms with Gasteiger partial charge >= 0.3 is 0 Å². The van der Waals surface area contributed by atoms with Crippen LogP contribution in [-0.4, -0.2) is 21.9 Å². The molecule has 1 aliphatic carbocycles. The zero-order valence-electron chi connectivity index (χ0n) is 11.3. The van der Waals surface area contributed by atoms with E-state index in [0.29, 0.717) is 17.6 Å². The van der Waals surface area contributed by atoms with Crippen molar-refractivity contribution in [3.63, 3.8) is 0 Å². The van der Waals surface area contributed by atoms with Gasteiger partial charge in [0, 0.05) is 24.1 Å². The smallest absolute Gasteiger partial charge is 0.258 e. The fourth-order valence-corrected chi connectivity index (χ4v) is 1.77. The van der Waals surface area contributed by atoms with Crippen molar-refractivity contribution in [3.8, 4) is 0 Å². The lowest BCUT2D eigenvalue weighted by atomic mass is 10.2. The summed E-state index contributed by atoms with van der Waals surface area (Å²) in [5.74, 6) is 0.381. The Morgan fingerprint density at radius 2 is 1.80 bits per heavy atom. The zero-order valence-corrected chi connectivity index (χ0v) is 11.3. The fraction of sp³-hybridized carbons (Fsp3) is 0.267. The maximum absolute atomic E-state index is 12.0. The van der Waals surface area contributed by atoms with Gasteiger partial charge in [0.1, 0.15) is 0 Å². The minimum Gasteiger partial charge on any atom is -0.351 e. The summed E-state index contributed by atoms with van der Waals surface area (Å²) in [5.41, 5.74) is 2.37. The predicted octanol–water partition coefficient (Wildman–Crippen LogP) is 2.61. The van der Waals surface area contributed by atoms with E-state index >= 15 is 0 Å². The summed E-state index contributed by atoms with van der Waals surface area (Å²) >= 11 is 0. The monoisotopic (exact) mass is 268 g/mol. The van der Waals surface area contributed by atoms with Gasteiger partial charge in [0.05, 0.1) is 5.56 Å². The number of carbonyl (C=O) groups excluding carboxylic acids is 1. The third kappa shape index (κ3) is 3.12. The van der Waals surface area contributed by atoms with Crippen LogP contribution in [-0.2, 0) is 0 Å². The third-order valence-electron chi connectivity index (χ3n) is 3.13. The summed E-state index contributed by atoms with van der Waals surface area (Å²) < 4.78 is 0. The molecule has 0 atom stereocenters. The van der Waals surface area contributed by atoms with Crippen LogP contribution in [0, 0.1) is 6.92 Å². The van der Waals surface area contributed by atoms with Crippen LogP contribution in [0.1, 0.15) is 28.8 Å². The molecule has 0 aliphatic heterocycles. The lowest BCUT2D eigenvalue weighted by Crippen LogP contribution is -2.13. The highest BCUT2D eigenvalue weighted by Gasteiger charge is 2.21. The molecule has 2 aromatic rings. The Labute approximate surface area is 117 Å². The van der Waals surface area contributed by atoms with Crippen molar-refractivity contribution in [1.82, 2.24) is 9.97 Å². The normalized spacial score (nSPS) is 13.8. The highest BCUT2D eigenvalue weighted by molar-refractivity contribution is 6.03. The largest absolute Gasteiger partial charge is 0.351 e. The lowest BCUT2D eigenvalue weighted by molar-refractivity contribution is 0.102. The predicted molar refractivity (Wildman–Crippen MR) is 77.8 cm³/mol. The van der Waals surface area contributed by atoms with Crippen LogP contribution in [0.4, 0.5) is 11.6 Å². The van der Waals surface area contributed by atoms with E-state index in [0.717, 1.165) is 11.3 Å². The Morgan fingerprint density at radius 3 is 2.40 bits per heavy atom. The lowest BCUT2D eigenvalue weighted by Gasteiger charge is -2.06. The molecule has 1 fully saturated rings. The number of aromatic nitrogens is 2. The van der Waals surface area contributed by atoms with Crippen molar-refractivity contribution in [2.45, 2.75) is 25.8 Å². The second-order valence-corrected chi connectivity index (χ2v) is 5.03. The fourth-order valence-electron chi connectivity index (χ4n) is 1.77. The van der Waals surface area contributed by atoms with Gasteiger partial charge in [-0.15, -0.1) is 0 Å². The van der Waals surface area contributed by atoms with Crippen molar-refractivity contribution in [2.24, 2.45) is 0 Å². The number of amides is 1. The van der Waals surface area contributed by atoms with Gasteiger partial charge in [-0.05, 0) is 31.9 Å². The molecule has 1 saturated carbocycles. The van der Waals surface area contributed by atoms with E-state index in [1.807, 2.05) is 31.2 Å². The van der Waals surface area contributed by atoms with Crippen LogP contribution in [0.2, 0.25) is 0 Å². The van der Waals surface area contributed by atoms with Crippen LogP contribution in [0.15, 0.2) is 36.7 Å². The molecule has 1 aromatic heterocycles. The minimum absolute atomic E-state index is 0.202. The highest BCUT2D eigenvalue weighted by Crippen LogP contribution is 2.22. The first kappa shape index (κ1) is 12.6. The van der Waals surface area contributed by atoms with E-state index in [1.54, 1.807) is 12.4 Å². The maximum atomic E-state index is 12.0. The van der Waals surface area contributed by atoms with Crippen molar-refractivity contribution < 1.29 is 4.79 Å². The second-order valence-electron chi connectivity index (χ2n) is 5.03. The molecule has 5 heteroatoms. The van der Waals surface area contributed by atoms with Crippen LogP contribution in [0.25, 0.3) is 0 Å². The number of anilines is 2. The molecule has 1 aromatic carbocycles. The third-order valence-corrected chi connectivity index (χ3v) is 3.13. The zero-order chi connectivity index (χ0) is 13.9. The van der Waals surface area contributed by atoms with Crippen LogP contribution in [0.3, 0.4) is 0 Å². The Kier molecular flexibility index (Phi) is 3.33. The van der Waals surface area contributed by atoms with E-state index in [1.165, 1.54) is 12.8 Å². The number of hydrogen-bond acceptors (Lipinski definition) is 4. The quantitative estimate of drug-likeness (QED) is 0.894. The van der Waals surface area contributed by atoms with E-state index in [4.69, 9.17) is 0 Å². The van der Waals surface area contributed by atoms with Crippen molar-refractivity contribution in [2.75, 3.05) is 10.6 Å². The molecule has 0 unspecified atom stereocenters. The van der Waals surface area contributed by atoms with Gasteiger partial charge in [0.2, 0.25) is 5.95 Å². The van der Waals surface area contributed by atoms with Gasteiger partial charge in [-0.2, -0.15) is 0 Å². The van der Waals surface area contributed by atoms with Gasteiger partial charge in [-0.1, -0.05) is 17.7 Å². The van der Waals surface area contributed by atoms with Gasteiger partial charge in [0.25, 0.3) is 5.91 Å². The Morgan fingerprint density at radius 1 is 1.15 bits per heavy atom. The van der Waals surface area contributed by atoms with Gasteiger partial charge in [-0.25, -0.2) is 9.97 Å². The van der Waals surface area contributed by atoms with Crippen molar-refractivity contribution in [1.29, 1.82) is 0 Å². The number of benzene rings is 1. The molecule has 1 heterocycles. The standard InChI is InChI=1S/C15H16N4O/c1-10-2-4-12(5-3-10)18-14(20)11-8-16-15(17-9-11)19-13-6-7-13/h2-5,8-9,13H,6-7H2,1H3,(H,18,20)(H,16,17,19). The first-order valence-corrected chi connectivity index (χ1v) is 6.67. The number of rotatable bonds is 4. The first-order chi connectivity index (χ1) is 9.70. The van der Waals surface area contributed by atoms with Gasteiger partial charge < -0.3 is 10.6 Å². The summed E-state index contributed by atoms with van der Waals surface area (Å²) in [6.07, 6.45) is 5.42. The maximum Gasteiger partial charge on any atom is 0.258 e. The molecular formula is C15H16N4O. The summed E-state index contributed by atoms with van der Waals surface area (Å²) in [6.45, 7) is 2.00. The molecular weight excluding hydrogens is 252 g/mol. The van der Waals surface area contributed by atoms with E-state index < -0.39 is 0 Å². The Hall–Kier alpha value is -2.43. The number of nitrogens with one attached hydrogen (secondary N) is 2.